The maximum atomic E-state index is 15.7. The zero-order valence-electron chi connectivity index (χ0n) is 60.7. The summed E-state index contributed by atoms with van der Waals surface area (Å²) in [5, 5.41) is 8.79. The van der Waals surface area contributed by atoms with Crippen molar-refractivity contribution in [3.05, 3.63) is 232 Å². The van der Waals surface area contributed by atoms with Crippen molar-refractivity contribution in [1.82, 2.24) is 28.2 Å². The number of fused-ring (bicyclic) bond motifs is 27. The number of carbonyl (C=O) groups is 3. The Bertz CT molecular complexity index is 5930. The van der Waals surface area contributed by atoms with Gasteiger partial charge in [0.15, 0.2) is 0 Å². The molecule has 0 aliphatic heterocycles. The van der Waals surface area contributed by atoms with Gasteiger partial charge in [-0.1, -0.05) is 138 Å². The number of imidazole rings is 3. The lowest BCUT2D eigenvalue weighted by Gasteiger charge is -2.23. The van der Waals surface area contributed by atoms with Gasteiger partial charge in [0.05, 0.1) is 49.7 Å². The largest absolute Gasteiger partial charge is 0.311 e. The number of para-hydroxylation sites is 3. The normalized spacial score (nSPS) is 16.9. The molecule has 0 saturated carbocycles. The summed E-state index contributed by atoms with van der Waals surface area (Å²) < 4.78 is 6.90. The minimum Gasteiger partial charge on any atom is -0.311 e. The van der Waals surface area contributed by atoms with Crippen LogP contribution < -0.4 is 14.7 Å². The minimum absolute atomic E-state index is 0.00653. The summed E-state index contributed by atoms with van der Waals surface area (Å²) in [7, 11) is 5.28. The third kappa shape index (κ3) is 8.61. The molecule has 0 atom stereocenters. The van der Waals surface area contributed by atoms with E-state index in [1.54, 1.807) is 54.0 Å². The highest BCUT2D eigenvalue weighted by Crippen LogP contribution is 2.54. The van der Waals surface area contributed by atoms with Crippen molar-refractivity contribution in [2.24, 2.45) is 0 Å². The number of rotatable bonds is 6. The van der Waals surface area contributed by atoms with Crippen molar-refractivity contribution in [3.63, 3.8) is 0 Å². The highest BCUT2D eigenvalue weighted by molar-refractivity contribution is 6.21. The number of benzene rings is 10. The fourth-order valence-electron chi connectivity index (χ4n) is 20.0. The molecule has 0 saturated heterocycles. The second-order valence-electron chi connectivity index (χ2n) is 33.9. The van der Waals surface area contributed by atoms with Gasteiger partial charge in [-0.2, -0.15) is 0 Å². The lowest BCUT2D eigenvalue weighted by atomic mass is 9.82. The zero-order chi connectivity index (χ0) is 70.7. The van der Waals surface area contributed by atoms with Crippen LogP contribution in [0.25, 0.3) is 115 Å². The average Bonchev–Trinajstić information content (AvgIpc) is 1.55. The van der Waals surface area contributed by atoms with Gasteiger partial charge in [-0.3, -0.25) is 27.6 Å². The van der Waals surface area contributed by atoms with Gasteiger partial charge in [0, 0.05) is 87.2 Å². The van der Waals surface area contributed by atoms with E-state index in [9.17, 15) is 0 Å². The average molecular weight is 1340 g/mol. The first kappa shape index (κ1) is 62.1. The first-order valence-electron chi connectivity index (χ1n) is 35.9. The van der Waals surface area contributed by atoms with Crippen LogP contribution in [0.4, 0.5) is 17.1 Å². The van der Waals surface area contributed by atoms with Crippen LogP contribution in [0.1, 0.15) is 167 Å². The lowest BCUT2D eigenvalue weighted by molar-refractivity contribution is 0.0992. The Balaban J connectivity index is 0.729. The van der Waals surface area contributed by atoms with Gasteiger partial charge in [-0.15, -0.1) is 0 Å². The molecule has 0 fully saturated rings. The number of aromatic nitrogens is 6. The molecule has 3 aliphatic rings. The molecule has 0 unspecified atom stereocenters. The van der Waals surface area contributed by atoms with Crippen molar-refractivity contribution in [2.45, 2.75) is 135 Å². The number of hydrogen-bond acceptors (Lipinski definition) is 6. The molecule has 3 amide bonds. The molecule has 16 aromatic rings. The number of pyridine rings is 3. The van der Waals surface area contributed by atoms with E-state index in [1.807, 2.05) is 18.2 Å². The van der Waals surface area contributed by atoms with E-state index in [0.29, 0.717) is 17.1 Å². The lowest BCUT2D eigenvalue weighted by Crippen LogP contribution is -2.31. The maximum absolute atomic E-state index is 15.7. The van der Waals surface area contributed by atoms with Gasteiger partial charge in [0.25, 0.3) is 17.7 Å². The molecule has 6 heterocycles. The van der Waals surface area contributed by atoms with Gasteiger partial charge in [0.2, 0.25) is 0 Å². The summed E-state index contributed by atoms with van der Waals surface area (Å²) in [5.41, 5.74) is 22.3. The van der Waals surface area contributed by atoms with Crippen LogP contribution >= 0.6 is 0 Å². The van der Waals surface area contributed by atoms with E-state index in [0.717, 1.165) is 134 Å². The number of nitrogens with zero attached hydrogens (tertiary/aromatic N) is 9. The highest BCUT2D eigenvalue weighted by Gasteiger charge is 2.45. The molecule has 0 N–H and O–H groups in total. The molecule has 19 rings (SSSR count). The SMILES string of the molecule is CN(C(=O)c1cc(C(=O)N(C)c2ccc3c(c2)c2ccccc2n2c4cc5c(cc4nc32)C(C)(C)CC5(C)C)cc(C(=O)N(C)c2ccc3c(c2)c2ccccc2n2c4cc5c(cc4nc32)C(C)(C)CC5(C)C)c1)c1ccc2c(c1)c1ccccc1n1c3cc4c(cc3nc21)C(C)(C)CC4(C)C. The van der Waals surface area contributed by atoms with E-state index in [1.165, 1.54) is 33.4 Å². The predicted molar refractivity (Wildman–Crippen MR) is 420 cm³/mol. The second-order valence-corrected chi connectivity index (χ2v) is 33.9. The quantitative estimate of drug-likeness (QED) is 0.153. The summed E-state index contributed by atoms with van der Waals surface area (Å²) in [6.07, 6.45) is 3.18. The van der Waals surface area contributed by atoms with Crippen molar-refractivity contribution in [3.8, 4) is 0 Å². The van der Waals surface area contributed by atoms with Crippen molar-refractivity contribution in [1.29, 1.82) is 0 Å². The zero-order valence-corrected chi connectivity index (χ0v) is 60.7. The van der Waals surface area contributed by atoms with Crippen molar-refractivity contribution >= 4 is 150 Å². The second kappa shape index (κ2) is 20.4. The predicted octanol–water partition coefficient (Wildman–Crippen LogP) is 20.7. The summed E-state index contributed by atoms with van der Waals surface area (Å²) in [6.45, 7) is 28.1. The van der Waals surface area contributed by atoms with Crippen molar-refractivity contribution < 1.29 is 14.4 Å². The third-order valence-corrected chi connectivity index (χ3v) is 24.2. The molecule has 10 aromatic carbocycles. The van der Waals surface area contributed by atoms with Crippen LogP contribution in [0.2, 0.25) is 0 Å². The number of amides is 3. The smallest absolute Gasteiger partial charge is 0.258 e. The summed E-state index contributed by atoms with van der Waals surface area (Å²) in [5.74, 6) is -1.18. The molecule has 0 radical (unpaired) electrons. The Morgan fingerprint density at radius 1 is 0.284 bits per heavy atom. The minimum atomic E-state index is -0.392. The van der Waals surface area contributed by atoms with Crippen LogP contribution in [-0.2, 0) is 32.5 Å². The van der Waals surface area contributed by atoms with Crippen molar-refractivity contribution in [2.75, 3.05) is 35.8 Å². The summed E-state index contributed by atoms with van der Waals surface area (Å²) in [6, 6.07) is 62.5. The van der Waals surface area contributed by atoms with E-state index in [-0.39, 0.29) is 49.2 Å². The monoisotopic (exact) mass is 1340 g/mol. The van der Waals surface area contributed by atoms with Gasteiger partial charge in [0.1, 0.15) is 16.9 Å². The molecular formula is C90H81N9O3. The number of anilines is 3. The molecule has 6 aromatic heterocycles. The highest BCUT2D eigenvalue weighted by atomic mass is 16.2. The molecule has 0 bridgehead atoms. The third-order valence-electron chi connectivity index (χ3n) is 24.2. The van der Waals surface area contributed by atoms with E-state index < -0.39 is 17.7 Å². The van der Waals surface area contributed by atoms with Gasteiger partial charge >= 0.3 is 0 Å². The molecule has 3 aliphatic carbocycles. The Hall–Kier alpha value is -11.0. The molecule has 504 valence electrons. The first-order chi connectivity index (χ1) is 48.5. The molecule has 12 nitrogen and oxygen atoms in total. The topological polar surface area (TPSA) is 113 Å². The number of hydrogen-bond donors (Lipinski definition) is 0. The molecule has 0 spiro atoms. The van der Waals surface area contributed by atoms with Gasteiger partial charge < -0.3 is 14.7 Å². The van der Waals surface area contributed by atoms with E-state index in [2.05, 4.69) is 242 Å². The number of carbonyl (C=O) groups excluding carboxylic acids is 3. The van der Waals surface area contributed by atoms with Crippen LogP contribution in [0, 0.1) is 0 Å². The van der Waals surface area contributed by atoms with Crippen LogP contribution in [-0.4, -0.2) is 67.0 Å². The Kier molecular flexibility index (Phi) is 12.4. The van der Waals surface area contributed by atoms with E-state index >= 15 is 14.4 Å². The standard InChI is InChI=1S/C90H81N9O3/c1-85(2)46-88(7,8)67-43-76-70(40-64(67)85)91-79-58-31-28-52(37-61(58)55-22-16-19-25-73(55)97(76)79)94(13)82(100)49-34-50(83(101)95(14)53-29-32-59-62(38-53)56-23-17-20-26-74(56)98-77-44-68-65(41-71(77)92-80(59)98)86(3,4)47-89(68,9)10)36-51(35-49)84(102)96(15)54-30-33-60-63(39-54)57-24-18-21-27-75(57)99-78-45-69-66(42-72(78)93-81(60)99)87(5,6)48-90(69,11)12/h16-45H,46-48H2,1-15H3. The fourth-order valence-corrected chi connectivity index (χ4v) is 20.0. The summed E-state index contributed by atoms with van der Waals surface area (Å²) in [4.78, 5) is 68.1. The Morgan fingerprint density at radius 2 is 0.529 bits per heavy atom. The van der Waals surface area contributed by atoms with Gasteiger partial charge in [-0.05, 0) is 229 Å². The Morgan fingerprint density at radius 3 is 0.794 bits per heavy atom. The van der Waals surface area contributed by atoms with Crippen LogP contribution in [0.5, 0.6) is 0 Å². The molecule has 102 heavy (non-hydrogen) atoms. The van der Waals surface area contributed by atoms with Crippen LogP contribution in [0.3, 0.4) is 0 Å². The maximum Gasteiger partial charge on any atom is 0.258 e. The summed E-state index contributed by atoms with van der Waals surface area (Å²) >= 11 is 0. The first-order valence-corrected chi connectivity index (χ1v) is 35.9. The van der Waals surface area contributed by atoms with Gasteiger partial charge in [-0.25, -0.2) is 15.0 Å². The Labute approximate surface area is 591 Å². The fraction of sp³-hybridized carbons (Fsp3) is 0.267. The van der Waals surface area contributed by atoms with E-state index in [4.69, 9.17) is 15.0 Å². The van der Waals surface area contributed by atoms with Crippen LogP contribution in [0.15, 0.2) is 182 Å². The molecular weight excluding hydrogens is 1260 g/mol. The molecule has 12 heteroatoms.